The Labute approximate surface area is 94.2 Å². The van der Waals surface area contributed by atoms with Gasteiger partial charge < -0.3 is 0 Å². The molecule has 1 aliphatic heterocycles. The lowest BCUT2D eigenvalue weighted by atomic mass is 10.1. The van der Waals surface area contributed by atoms with Gasteiger partial charge in [0.2, 0.25) is 0 Å². The molecule has 0 aliphatic carbocycles. The van der Waals surface area contributed by atoms with Crippen LogP contribution < -0.4 is 0 Å². The van der Waals surface area contributed by atoms with Crippen molar-refractivity contribution in [1.82, 2.24) is 4.90 Å². The maximum atomic E-state index is 3.61. The van der Waals surface area contributed by atoms with E-state index in [4.69, 9.17) is 0 Å². The molecular weight excluding hydrogens is 238 g/mol. The summed E-state index contributed by atoms with van der Waals surface area (Å²) < 4.78 is 1.26. The molecule has 75 valence electrons. The van der Waals surface area contributed by atoms with Crippen LogP contribution in [-0.4, -0.2) is 11.4 Å². The van der Waals surface area contributed by atoms with Gasteiger partial charge in [0.15, 0.2) is 0 Å². The summed E-state index contributed by atoms with van der Waals surface area (Å²) in [5.74, 6) is 1.48. The summed E-state index contributed by atoms with van der Waals surface area (Å²) in [6.45, 7) is 7.68. The molecule has 1 radical (unpaired) electrons. The number of nitrogens with zero attached hydrogens (tertiary/aromatic N) is 1. The Balaban J connectivity index is 2.14. The Hall–Kier alpha value is -0.340. The largest absolute Gasteiger partial charge is 0.294 e. The SMILES string of the molecule is C[C](C)CN1Cc2cccc(Br)c2C1. The number of hydrogen-bond acceptors (Lipinski definition) is 1. The molecule has 0 aromatic heterocycles. The van der Waals surface area contributed by atoms with Crippen molar-refractivity contribution in [3.05, 3.63) is 39.7 Å². The van der Waals surface area contributed by atoms with Crippen LogP contribution in [0.4, 0.5) is 0 Å². The van der Waals surface area contributed by atoms with Gasteiger partial charge in [-0.15, -0.1) is 0 Å². The van der Waals surface area contributed by atoms with Gasteiger partial charge in [0, 0.05) is 24.1 Å². The van der Waals surface area contributed by atoms with Gasteiger partial charge in [-0.3, -0.25) is 4.90 Å². The molecule has 0 unspecified atom stereocenters. The summed E-state index contributed by atoms with van der Waals surface area (Å²) in [7, 11) is 0. The molecule has 14 heavy (non-hydrogen) atoms. The summed E-state index contributed by atoms with van der Waals surface area (Å²) in [5, 5.41) is 0. The van der Waals surface area contributed by atoms with Crippen LogP contribution in [0, 0.1) is 5.92 Å². The van der Waals surface area contributed by atoms with Crippen molar-refractivity contribution in [2.24, 2.45) is 0 Å². The molecule has 0 fully saturated rings. The summed E-state index contributed by atoms with van der Waals surface area (Å²) in [6.07, 6.45) is 0. The molecule has 0 atom stereocenters. The zero-order chi connectivity index (χ0) is 10.1. The van der Waals surface area contributed by atoms with Crippen molar-refractivity contribution in [1.29, 1.82) is 0 Å². The summed E-state index contributed by atoms with van der Waals surface area (Å²) in [6, 6.07) is 6.48. The first-order valence-corrected chi connectivity index (χ1v) is 5.74. The lowest BCUT2D eigenvalue weighted by Gasteiger charge is -2.16. The molecule has 1 heterocycles. The van der Waals surface area contributed by atoms with Crippen LogP contribution in [0.1, 0.15) is 25.0 Å². The quantitative estimate of drug-likeness (QED) is 0.781. The van der Waals surface area contributed by atoms with E-state index >= 15 is 0 Å². The fourth-order valence-electron chi connectivity index (χ4n) is 2.01. The van der Waals surface area contributed by atoms with E-state index in [9.17, 15) is 0 Å². The molecule has 1 aliphatic rings. The smallest absolute Gasteiger partial charge is 0.0251 e. The maximum absolute atomic E-state index is 3.61. The predicted octanol–water partition coefficient (Wildman–Crippen LogP) is 3.38. The van der Waals surface area contributed by atoms with Gasteiger partial charge in [-0.1, -0.05) is 41.9 Å². The van der Waals surface area contributed by atoms with Crippen molar-refractivity contribution in [2.75, 3.05) is 6.54 Å². The zero-order valence-electron chi connectivity index (χ0n) is 8.68. The monoisotopic (exact) mass is 252 g/mol. The summed E-state index contributed by atoms with van der Waals surface area (Å²) in [4.78, 5) is 2.48. The van der Waals surface area contributed by atoms with Crippen LogP contribution in [0.2, 0.25) is 0 Å². The third kappa shape index (κ3) is 2.01. The molecule has 1 nitrogen and oxygen atoms in total. The molecule has 1 aromatic rings. The average Bonchev–Trinajstić information content (AvgIpc) is 2.47. The minimum Gasteiger partial charge on any atom is -0.294 e. The Morgan fingerprint density at radius 1 is 1.36 bits per heavy atom. The lowest BCUT2D eigenvalue weighted by molar-refractivity contribution is 0.296. The first-order chi connectivity index (χ1) is 6.66. The van der Waals surface area contributed by atoms with Crippen molar-refractivity contribution in [3.63, 3.8) is 0 Å². The van der Waals surface area contributed by atoms with Crippen molar-refractivity contribution in [3.8, 4) is 0 Å². The number of halogens is 1. The topological polar surface area (TPSA) is 3.24 Å². The number of rotatable bonds is 2. The second kappa shape index (κ2) is 4.03. The molecule has 1 aromatic carbocycles. The average molecular weight is 253 g/mol. The Morgan fingerprint density at radius 3 is 2.79 bits per heavy atom. The first kappa shape index (κ1) is 10.2. The van der Waals surface area contributed by atoms with E-state index in [1.165, 1.54) is 21.5 Å². The Bertz CT molecular complexity index is 333. The van der Waals surface area contributed by atoms with Crippen LogP contribution in [0.5, 0.6) is 0 Å². The van der Waals surface area contributed by atoms with E-state index in [1.807, 2.05) is 0 Å². The molecular formula is C12H15BrN. The zero-order valence-corrected chi connectivity index (χ0v) is 10.3. The van der Waals surface area contributed by atoms with Crippen molar-refractivity contribution < 1.29 is 0 Å². The van der Waals surface area contributed by atoms with Crippen LogP contribution in [0.15, 0.2) is 22.7 Å². The highest BCUT2D eigenvalue weighted by atomic mass is 79.9. The molecule has 0 saturated carbocycles. The molecule has 2 heteroatoms. The van der Waals surface area contributed by atoms with Gasteiger partial charge in [-0.2, -0.15) is 0 Å². The normalized spacial score (nSPS) is 16.3. The van der Waals surface area contributed by atoms with Crippen LogP contribution in [0.3, 0.4) is 0 Å². The molecule has 2 rings (SSSR count). The highest BCUT2D eigenvalue weighted by Crippen LogP contribution is 2.29. The first-order valence-electron chi connectivity index (χ1n) is 4.94. The van der Waals surface area contributed by atoms with Gasteiger partial charge in [0.05, 0.1) is 0 Å². The van der Waals surface area contributed by atoms with Gasteiger partial charge in [-0.05, 0) is 23.1 Å². The number of benzene rings is 1. The molecule has 0 saturated heterocycles. The Kier molecular flexibility index (Phi) is 2.93. The molecule has 0 spiro atoms. The Morgan fingerprint density at radius 2 is 2.14 bits per heavy atom. The molecule has 0 bridgehead atoms. The molecule has 0 amide bonds. The molecule has 0 N–H and O–H groups in total. The maximum Gasteiger partial charge on any atom is 0.0251 e. The number of hydrogen-bond donors (Lipinski definition) is 0. The van der Waals surface area contributed by atoms with E-state index in [0.717, 1.165) is 19.6 Å². The number of fused-ring (bicyclic) bond motifs is 1. The fraction of sp³-hybridized carbons (Fsp3) is 0.417. The van der Waals surface area contributed by atoms with Gasteiger partial charge in [-0.25, -0.2) is 0 Å². The predicted molar refractivity (Wildman–Crippen MR) is 62.8 cm³/mol. The van der Waals surface area contributed by atoms with Gasteiger partial charge in [0.25, 0.3) is 0 Å². The third-order valence-corrected chi connectivity index (χ3v) is 3.27. The standard InChI is InChI=1S/C12H15BrN/c1-9(2)6-14-7-10-4-3-5-12(13)11(10)8-14/h3-5H,6-8H2,1-2H3. The van der Waals surface area contributed by atoms with E-state index < -0.39 is 0 Å². The van der Waals surface area contributed by atoms with Gasteiger partial charge in [0.1, 0.15) is 0 Å². The van der Waals surface area contributed by atoms with E-state index in [2.05, 4.69) is 52.9 Å². The highest BCUT2D eigenvalue weighted by Gasteiger charge is 2.20. The lowest BCUT2D eigenvalue weighted by Crippen LogP contribution is -2.20. The minimum atomic E-state index is 1.09. The highest BCUT2D eigenvalue weighted by molar-refractivity contribution is 9.10. The van der Waals surface area contributed by atoms with Gasteiger partial charge >= 0.3 is 0 Å². The van der Waals surface area contributed by atoms with E-state index in [0.29, 0.717) is 0 Å². The van der Waals surface area contributed by atoms with Crippen LogP contribution in [-0.2, 0) is 13.1 Å². The van der Waals surface area contributed by atoms with Crippen LogP contribution in [0.25, 0.3) is 0 Å². The van der Waals surface area contributed by atoms with Crippen molar-refractivity contribution in [2.45, 2.75) is 26.9 Å². The second-order valence-corrected chi connectivity index (χ2v) is 5.08. The van der Waals surface area contributed by atoms with E-state index in [-0.39, 0.29) is 0 Å². The summed E-state index contributed by atoms with van der Waals surface area (Å²) >= 11 is 3.61. The van der Waals surface area contributed by atoms with Crippen molar-refractivity contribution >= 4 is 15.9 Å². The van der Waals surface area contributed by atoms with E-state index in [1.54, 1.807) is 0 Å². The minimum absolute atomic E-state index is 1.09. The van der Waals surface area contributed by atoms with Crippen LogP contribution >= 0.6 is 15.9 Å². The second-order valence-electron chi connectivity index (χ2n) is 4.23. The summed E-state index contributed by atoms with van der Waals surface area (Å²) in [5.41, 5.74) is 2.94. The fourth-order valence-corrected chi connectivity index (χ4v) is 2.54. The third-order valence-electron chi connectivity index (χ3n) is 2.53.